The first-order valence-electron chi connectivity index (χ1n) is 7.02. The van der Waals surface area contributed by atoms with Gasteiger partial charge in [-0.05, 0) is 24.1 Å². The van der Waals surface area contributed by atoms with Crippen molar-refractivity contribution in [2.45, 2.75) is 30.5 Å². The Hall–Kier alpha value is -1.86. The van der Waals surface area contributed by atoms with Gasteiger partial charge in [0.1, 0.15) is 17.6 Å². The fraction of sp³-hybridized carbons (Fsp3) is 0.312. The van der Waals surface area contributed by atoms with E-state index in [9.17, 15) is 18.7 Å². The average Bonchev–Trinajstić information content (AvgIpc) is 2.98. The Morgan fingerprint density at radius 3 is 2.52 bits per heavy atom. The number of hydrogen-bond acceptors (Lipinski definition) is 4. The quantitative estimate of drug-likeness (QED) is 0.731. The second kappa shape index (κ2) is 8.69. The van der Waals surface area contributed by atoms with E-state index in [2.05, 4.69) is 5.32 Å². The minimum Gasteiger partial charge on any atom is -0.480 e. The molecule has 2 N–H and O–H groups in total. The summed E-state index contributed by atoms with van der Waals surface area (Å²) in [6.07, 6.45) is 0.352. The molecule has 2 rings (SSSR count). The summed E-state index contributed by atoms with van der Waals surface area (Å²) in [4.78, 5) is 11.3. The maximum absolute atomic E-state index is 12.1. The number of alkyl halides is 2. The number of nitrogens with one attached hydrogen (secondary N) is 1. The van der Waals surface area contributed by atoms with Crippen LogP contribution >= 0.6 is 11.8 Å². The van der Waals surface area contributed by atoms with Crippen LogP contribution < -0.4 is 5.32 Å². The largest absolute Gasteiger partial charge is 0.480 e. The summed E-state index contributed by atoms with van der Waals surface area (Å²) in [6, 6.07) is 11.8. The first-order chi connectivity index (χ1) is 11.0. The first kappa shape index (κ1) is 17.5. The van der Waals surface area contributed by atoms with Gasteiger partial charge < -0.3 is 9.52 Å². The van der Waals surface area contributed by atoms with Gasteiger partial charge in [-0.2, -0.15) is 8.78 Å². The topological polar surface area (TPSA) is 62.5 Å². The summed E-state index contributed by atoms with van der Waals surface area (Å²) in [5.74, 6) is -2.33. The van der Waals surface area contributed by atoms with Crippen LogP contribution in [0.2, 0.25) is 0 Å². The number of carboxylic acid groups (broad SMARTS) is 1. The lowest BCUT2D eigenvalue weighted by Gasteiger charge is -2.13. The normalized spacial score (nSPS) is 12.5. The molecule has 0 spiro atoms. The molecule has 0 aliphatic heterocycles. The van der Waals surface area contributed by atoms with E-state index in [1.807, 2.05) is 30.3 Å². The third kappa shape index (κ3) is 6.03. The van der Waals surface area contributed by atoms with Gasteiger partial charge >= 0.3 is 5.97 Å². The Morgan fingerprint density at radius 2 is 1.87 bits per heavy atom. The van der Waals surface area contributed by atoms with Gasteiger partial charge in [-0.1, -0.05) is 42.1 Å². The molecule has 1 atom stereocenters. The van der Waals surface area contributed by atoms with Crippen LogP contribution in [-0.2, 0) is 23.5 Å². The van der Waals surface area contributed by atoms with Gasteiger partial charge in [-0.15, -0.1) is 0 Å². The Bertz CT molecular complexity index is 619. The molecular formula is C16H17F2NO3S. The zero-order valence-corrected chi connectivity index (χ0v) is 13.1. The zero-order valence-electron chi connectivity index (χ0n) is 12.2. The molecule has 0 fully saturated rings. The third-order valence-corrected chi connectivity index (χ3v) is 3.88. The first-order valence-corrected chi connectivity index (χ1v) is 8.07. The number of halogens is 2. The average molecular weight is 341 g/mol. The lowest BCUT2D eigenvalue weighted by Crippen LogP contribution is -2.38. The van der Waals surface area contributed by atoms with Crippen LogP contribution in [0, 0.1) is 0 Å². The molecule has 7 heteroatoms. The van der Waals surface area contributed by atoms with Crippen LogP contribution in [0.1, 0.15) is 17.1 Å². The van der Waals surface area contributed by atoms with Crippen LogP contribution in [0.15, 0.2) is 46.9 Å². The van der Waals surface area contributed by atoms with Crippen molar-refractivity contribution in [3.05, 3.63) is 59.5 Å². The summed E-state index contributed by atoms with van der Waals surface area (Å²) in [5, 5.41) is 12.2. The lowest BCUT2D eigenvalue weighted by atomic mass is 10.1. The molecule has 0 radical (unpaired) electrons. The molecule has 0 bridgehead atoms. The zero-order chi connectivity index (χ0) is 16.7. The van der Waals surface area contributed by atoms with Crippen molar-refractivity contribution in [3.8, 4) is 0 Å². The fourth-order valence-corrected chi connectivity index (χ4v) is 2.51. The highest BCUT2D eigenvalue weighted by molar-refractivity contribution is 7.98. The van der Waals surface area contributed by atoms with Crippen LogP contribution in [-0.4, -0.2) is 22.9 Å². The van der Waals surface area contributed by atoms with Crippen molar-refractivity contribution in [2.75, 3.05) is 0 Å². The van der Waals surface area contributed by atoms with Gasteiger partial charge in [0.05, 0.1) is 12.3 Å². The molecule has 1 heterocycles. The number of benzene rings is 1. The maximum Gasteiger partial charge on any atom is 0.321 e. The Labute approximate surface area is 136 Å². The van der Waals surface area contributed by atoms with Crippen LogP contribution in [0.25, 0.3) is 0 Å². The SMILES string of the molecule is O=C(O)[C@H](Cc1ccccc1)NCc1ccc(CSC(F)F)o1. The number of hydrogen-bond donors (Lipinski definition) is 2. The Balaban J connectivity index is 1.88. The van der Waals surface area contributed by atoms with Crippen LogP contribution in [0.3, 0.4) is 0 Å². The van der Waals surface area contributed by atoms with Gasteiger partial charge in [0.15, 0.2) is 0 Å². The van der Waals surface area contributed by atoms with E-state index < -0.39 is 17.8 Å². The van der Waals surface area contributed by atoms with Crippen molar-refractivity contribution in [2.24, 2.45) is 0 Å². The van der Waals surface area contributed by atoms with Crippen molar-refractivity contribution < 1.29 is 23.1 Å². The molecule has 23 heavy (non-hydrogen) atoms. The number of aliphatic carboxylic acids is 1. The van der Waals surface area contributed by atoms with Gasteiger partial charge in [0.2, 0.25) is 0 Å². The minimum atomic E-state index is -2.44. The smallest absolute Gasteiger partial charge is 0.321 e. The van der Waals surface area contributed by atoms with E-state index in [1.54, 1.807) is 12.1 Å². The number of thioether (sulfide) groups is 1. The Kier molecular flexibility index (Phi) is 6.61. The molecule has 2 aromatic rings. The molecule has 4 nitrogen and oxygen atoms in total. The molecule has 1 aromatic carbocycles. The second-order valence-corrected chi connectivity index (χ2v) is 5.88. The van der Waals surface area contributed by atoms with Crippen molar-refractivity contribution in [1.29, 1.82) is 0 Å². The molecule has 0 saturated heterocycles. The van der Waals surface area contributed by atoms with E-state index in [1.165, 1.54) is 0 Å². The van der Waals surface area contributed by atoms with E-state index in [4.69, 9.17) is 4.42 Å². The van der Waals surface area contributed by atoms with Crippen LogP contribution in [0.5, 0.6) is 0 Å². The standard InChI is InChI=1S/C16H17F2NO3S/c17-16(18)23-10-13-7-6-12(22-13)9-19-14(15(20)21)8-11-4-2-1-3-5-11/h1-7,14,16,19H,8-10H2,(H,20,21)/t14-/m0/s1. The lowest BCUT2D eigenvalue weighted by molar-refractivity contribution is -0.139. The number of furan rings is 1. The fourth-order valence-electron chi connectivity index (χ4n) is 2.06. The third-order valence-electron chi connectivity index (χ3n) is 3.17. The molecule has 0 amide bonds. The molecule has 1 aromatic heterocycles. The molecule has 124 valence electrons. The molecular weight excluding hydrogens is 324 g/mol. The van der Waals surface area contributed by atoms with Gasteiger partial charge in [0, 0.05) is 0 Å². The molecule has 0 aliphatic carbocycles. The Morgan fingerprint density at radius 1 is 1.17 bits per heavy atom. The second-order valence-electron chi connectivity index (χ2n) is 4.90. The number of carbonyl (C=O) groups is 1. The van der Waals surface area contributed by atoms with Crippen molar-refractivity contribution in [1.82, 2.24) is 5.32 Å². The van der Waals surface area contributed by atoms with E-state index in [-0.39, 0.29) is 12.3 Å². The van der Waals surface area contributed by atoms with Gasteiger partial charge in [0.25, 0.3) is 5.76 Å². The summed E-state index contributed by atoms with van der Waals surface area (Å²) < 4.78 is 29.6. The maximum atomic E-state index is 12.1. The molecule has 0 aliphatic rings. The van der Waals surface area contributed by atoms with Gasteiger partial charge in [-0.25, -0.2) is 0 Å². The van der Waals surface area contributed by atoms with E-state index in [0.717, 1.165) is 5.56 Å². The summed E-state index contributed by atoms with van der Waals surface area (Å²) in [7, 11) is 0. The number of rotatable bonds is 9. The van der Waals surface area contributed by atoms with E-state index >= 15 is 0 Å². The summed E-state index contributed by atoms with van der Waals surface area (Å²) >= 11 is 0.487. The van der Waals surface area contributed by atoms with Crippen LogP contribution in [0.4, 0.5) is 8.78 Å². The summed E-state index contributed by atoms with van der Waals surface area (Å²) in [6.45, 7) is 0.225. The highest BCUT2D eigenvalue weighted by atomic mass is 32.2. The summed E-state index contributed by atoms with van der Waals surface area (Å²) in [5.41, 5.74) is 0.917. The molecule has 0 unspecified atom stereocenters. The van der Waals surface area contributed by atoms with Crippen molar-refractivity contribution >= 4 is 17.7 Å². The van der Waals surface area contributed by atoms with Gasteiger partial charge in [-0.3, -0.25) is 10.1 Å². The molecule has 0 saturated carbocycles. The highest BCUT2D eigenvalue weighted by Crippen LogP contribution is 2.21. The minimum absolute atomic E-state index is 0.0873. The number of carboxylic acids is 1. The monoisotopic (exact) mass is 341 g/mol. The van der Waals surface area contributed by atoms with E-state index in [0.29, 0.717) is 29.7 Å². The highest BCUT2D eigenvalue weighted by Gasteiger charge is 2.18. The van der Waals surface area contributed by atoms with Crippen molar-refractivity contribution in [3.63, 3.8) is 0 Å². The predicted octanol–water partition coefficient (Wildman–Crippen LogP) is 3.52. The predicted molar refractivity (Wildman–Crippen MR) is 84.4 cm³/mol.